The van der Waals surface area contributed by atoms with Gasteiger partial charge >= 0.3 is 0 Å². The minimum Gasteiger partial charge on any atom is -0.385 e. The third kappa shape index (κ3) is 3.17. The van der Waals surface area contributed by atoms with Crippen LogP contribution in [-0.2, 0) is 12.0 Å². The smallest absolute Gasteiger partial charge is 0.0909 e. The maximum absolute atomic E-state index is 10.8. The van der Waals surface area contributed by atoms with E-state index in [1.807, 2.05) is 37.3 Å². The zero-order valence-electron chi connectivity index (χ0n) is 11.9. The van der Waals surface area contributed by atoms with Gasteiger partial charge in [-0.3, -0.25) is 0 Å². The van der Waals surface area contributed by atoms with Crippen LogP contribution in [0.1, 0.15) is 29.2 Å². The van der Waals surface area contributed by atoms with Crippen molar-refractivity contribution in [2.24, 2.45) is 0 Å². The predicted octanol–water partition coefficient (Wildman–Crippen LogP) is 5.06. The Balaban J connectivity index is 2.35. The molecule has 0 aromatic heterocycles. The number of aliphatic hydroxyl groups is 1. The van der Waals surface area contributed by atoms with Crippen molar-refractivity contribution in [1.29, 1.82) is 0 Å². The minimum absolute atomic E-state index is 0.425. The maximum atomic E-state index is 10.8. The zero-order valence-corrected chi connectivity index (χ0v) is 13.4. The highest BCUT2D eigenvalue weighted by Crippen LogP contribution is 2.32. The Morgan fingerprint density at radius 2 is 1.75 bits per heavy atom. The van der Waals surface area contributed by atoms with E-state index < -0.39 is 5.60 Å². The summed E-state index contributed by atoms with van der Waals surface area (Å²) in [6.07, 6.45) is 0.425. The minimum atomic E-state index is -0.979. The van der Waals surface area contributed by atoms with Gasteiger partial charge in [0.05, 0.1) is 15.6 Å². The molecule has 0 amide bonds. The molecule has 1 unspecified atom stereocenters. The van der Waals surface area contributed by atoms with Crippen LogP contribution in [0, 0.1) is 13.8 Å². The van der Waals surface area contributed by atoms with Crippen molar-refractivity contribution in [2.75, 3.05) is 0 Å². The van der Waals surface area contributed by atoms with Crippen LogP contribution in [0.3, 0.4) is 0 Å². The number of hydrogen-bond donors (Lipinski definition) is 1. The molecule has 20 heavy (non-hydrogen) atoms. The van der Waals surface area contributed by atoms with Crippen LogP contribution in [0.2, 0.25) is 10.0 Å². The Hall–Kier alpha value is -1.02. The summed E-state index contributed by atoms with van der Waals surface area (Å²) >= 11 is 12.2. The summed E-state index contributed by atoms with van der Waals surface area (Å²) in [6, 6.07) is 11.5. The van der Waals surface area contributed by atoms with Crippen LogP contribution in [-0.4, -0.2) is 5.11 Å². The lowest BCUT2D eigenvalue weighted by atomic mass is 9.87. The fourth-order valence-electron chi connectivity index (χ4n) is 2.23. The van der Waals surface area contributed by atoms with Crippen molar-refractivity contribution in [1.82, 2.24) is 0 Å². The molecule has 2 rings (SSSR count). The molecule has 0 heterocycles. The van der Waals surface area contributed by atoms with Crippen molar-refractivity contribution < 1.29 is 5.11 Å². The van der Waals surface area contributed by atoms with Gasteiger partial charge in [0.2, 0.25) is 0 Å². The van der Waals surface area contributed by atoms with E-state index in [2.05, 4.69) is 6.92 Å². The first-order chi connectivity index (χ1) is 9.31. The van der Waals surface area contributed by atoms with E-state index >= 15 is 0 Å². The van der Waals surface area contributed by atoms with Crippen LogP contribution in [0.15, 0.2) is 36.4 Å². The van der Waals surface area contributed by atoms with Gasteiger partial charge in [0.15, 0.2) is 0 Å². The maximum Gasteiger partial charge on any atom is 0.0909 e. The van der Waals surface area contributed by atoms with Crippen LogP contribution in [0.5, 0.6) is 0 Å². The van der Waals surface area contributed by atoms with Gasteiger partial charge in [-0.25, -0.2) is 0 Å². The van der Waals surface area contributed by atoms with Gasteiger partial charge in [0.25, 0.3) is 0 Å². The Kier molecular flexibility index (Phi) is 4.43. The molecule has 1 nitrogen and oxygen atoms in total. The number of hydrogen-bond acceptors (Lipinski definition) is 1. The average Bonchev–Trinajstić information content (AvgIpc) is 2.38. The van der Waals surface area contributed by atoms with E-state index in [1.54, 1.807) is 13.0 Å². The largest absolute Gasteiger partial charge is 0.385 e. The number of benzene rings is 2. The first-order valence-corrected chi connectivity index (χ1v) is 7.30. The third-order valence-electron chi connectivity index (χ3n) is 3.70. The van der Waals surface area contributed by atoms with Gasteiger partial charge in [0.1, 0.15) is 0 Å². The summed E-state index contributed by atoms with van der Waals surface area (Å²) in [5.74, 6) is 0. The molecule has 0 aliphatic rings. The van der Waals surface area contributed by atoms with Crippen molar-refractivity contribution in [3.8, 4) is 0 Å². The van der Waals surface area contributed by atoms with Crippen LogP contribution < -0.4 is 0 Å². The Morgan fingerprint density at radius 1 is 1.05 bits per heavy atom. The molecule has 0 saturated carbocycles. The number of halogens is 2. The fraction of sp³-hybridized carbons (Fsp3) is 0.294. The van der Waals surface area contributed by atoms with Gasteiger partial charge in [-0.05, 0) is 49.1 Å². The summed E-state index contributed by atoms with van der Waals surface area (Å²) in [5.41, 5.74) is 3.14. The molecule has 0 spiro atoms. The van der Waals surface area contributed by atoms with Crippen molar-refractivity contribution >= 4 is 23.2 Å². The van der Waals surface area contributed by atoms with E-state index in [4.69, 9.17) is 23.2 Å². The lowest BCUT2D eigenvalue weighted by Crippen LogP contribution is -2.24. The molecule has 106 valence electrons. The number of aryl methyl sites for hydroxylation is 2. The molecule has 0 fully saturated rings. The number of rotatable bonds is 3. The second-order valence-corrected chi connectivity index (χ2v) is 6.25. The quantitative estimate of drug-likeness (QED) is 0.840. The monoisotopic (exact) mass is 308 g/mol. The lowest BCUT2D eigenvalue weighted by Gasteiger charge is -2.25. The predicted molar refractivity (Wildman–Crippen MR) is 85.7 cm³/mol. The van der Waals surface area contributed by atoms with Gasteiger partial charge < -0.3 is 5.11 Å². The van der Waals surface area contributed by atoms with E-state index in [1.165, 1.54) is 11.1 Å². The molecule has 3 heteroatoms. The second-order valence-electron chi connectivity index (χ2n) is 5.46. The lowest BCUT2D eigenvalue weighted by molar-refractivity contribution is 0.0576. The van der Waals surface area contributed by atoms with Crippen molar-refractivity contribution in [2.45, 2.75) is 32.8 Å². The van der Waals surface area contributed by atoms with Gasteiger partial charge in [0, 0.05) is 6.42 Å². The topological polar surface area (TPSA) is 20.2 Å². The summed E-state index contributed by atoms with van der Waals surface area (Å²) < 4.78 is 0. The standard InChI is InChI=1S/C17H18Cl2O/c1-11-7-8-14(9-12(11)2)17(3,20)10-13-5-4-6-15(18)16(13)19/h4-9,20H,10H2,1-3H3. The summed E-state index contributed by atoms with van der Waals surface area (Å²) in [7, 11) is 0. The Bertz CT molecular complexity index is 633. The molecule has 1 N–H and O–H groups in total. The Labute approximate surface area is 130 Å². The summed E-state index contributed by atoms with van der Waals surface area (Å²) in [6.45, 7) is 5.90. The highest BCUT2D eigenvalue weighted by atomic mass is 35.5. The van der Waals surface area contributed by atoms with E-state index in [0.717, 1.165) is 11.1 Å². The molecule has 2 aromatic rings. The van der Waals surface area contributed by atoms with Crippen LogP contribution >= 0.6 is 23.2 Å². The first kappa shape index (κ1) is 15.4. The molecule has 0 saturated heterocycles. The average molecular weight is 309 g/mol. The normalized spacial score (nSPS) is 14.1. The van der Waals surface area contributed by atoms with Crippen LogP contribution in [0.4, 0.5) is 0 Å². The Morgan fingerprint density at radius 3 is 2.40 bits per heavy atom. The molecule has 0 aliphatic heterocycles. The van der Waals surface area contributed by atoms with E-state index in [-0.39, 0.29) is 0 Å². The molecule has 2 aromatic carbocycles. The first-order valence-electron chi connectivity index (χ1n) is 6.54. The van der Waals surface area contributed by atoms with Crippen LogP contribution in [0.25, 0.3) is 0 Å². The molecule has 0 bridgehead atoms. The van der Waals surface area contributed by atoms with Gasteiger partial charge in [-0.2, -0.15) is 0 Å². The molecule has 0 aliphatic carbocycles. The summed E-state index contributed by atoms with van der Waals surface area (Å²) in [5, 5.41) is 11.8. The van der Waals surface area contributed by atoms with E-state index in [0.29, 0.717) is 16.5 Å². The third-order valence-corrected chi connectivity index (χ3v) is 4.55. The molecular weight excluding hydrogens is 291 g/mol. The van der Waals surface area contributed by atoms with Crippen molar-refractivity contribution in [3.05, 3.63) is 68.7 Å². The summed E-state index contributed by atoms with van der Waals surface area (Å²) in [4.78, 5) is 0. The molecule has 0 radical (unpaired) electrons. The van der Waals surface area contributed by atoms with Gasteiger partial charge in [-0.1, -0.05) is 53.5 Å². The molecule has 1 atom stereocenters. The second kappa shape index (κ2) is 5.77. The highest BCUT2D eigenvalue weighted by molar-refractivity contribution is 6.42. The van der Waals surface area contributed by atoms with Gasteiger partial charge in [-0.15, -0.1) is 0 Å². The fourth-order valence-corrected chi connectivity index (χ4v) is 2.62. The van der Waals surface area contributed by atoms with E-state index in [9.17, 15) is 5.11 Å². The SMILES string of the molecule is Cc1ccc(C(C)(O)Cc2cccc(Cl)c2Cl)cc1C. The molecular formula is C17H18Cl2O. The zero-order chi connectivity index (χ0) is 14.9. The highest BCUT2D eigenvalue weighted by Gasteiger charge is 2.25. The van der Waals surface area contributed by atoms with Crippen molar-refractivity contribution in [3.63, 3.8) is 0 Å².